The highest BCUT2D eigenvalue weighted by Crippen LogP contribution is 2.13. The van der Waals surface area contributed by atoms with Crippen LogP contribution in [0.3, 0.4) is 0 Å². The van der Waals surface area contributed by atoms with Crippen molar-refractivity contribution in [3.63, 3.8) is 0 Å². The molecule has 19 heteroatoms. The number of hydrogen-bond acceptors (Lipinski definition) is 14. The van der Waals surface area contributed by atoms with Crippen LogP contribution in [0.2, 0.25) is 0 Å². The fraction of sp³-hybridized carbons (Fsp3) is 0.360. The Kier molecular flexibility index (Phi) is 11.2. The number of H-pyrrole nitrogens is 1. The molecule has 0 unspecified atom stereocenters. The number of benzene rings is 1. The van der Waals surface area contributed by atoms with Crippen LogP contribution >= 0.6 is 0 Å². The number of aliphatic carboxylic acids is 1. The molecule has 3 amide bonds. The molecule has 44 heavy (non-hydrogen) atoms. The van der Waals surface area contributed by atoms with Crippen LogP contribution in [-0.2, 0) is 20.9 Å². The average molecular weight is 618 g/mol. The molecule has 13 N–H and O–H groups in total. The molecule has 5 atom stereocenters. The molecular formula is C25H31N9O10. The van der Waals surface area contributed by atoms with Gasteiger partial charge in [-0.25, -0.2) is 14.8 Å². The third-order valence-corrected chi connectivity index (χ3v) is 6.27. The zero-order valence-corrected chi connectivity index (χ0v) is 22.9. The number of carbonyl (C=O) groups excluding carboxylic acids is 3. The Hall–Kier alpha value is -5.24. The molecule has 0 aliphatic rings. The largest absolute Gasteiger partial charge is 0.480 e. The van der Waals surface area contributed by atoms with Crippen LogP contribution in [-0.4, -0.2) is 106 Å². The van der Waals surface area contributed by atoms with E-state index in [1.807, 2.05) is 5.32 Å². The predicted octanol–water partition coefficient (Wildman–Crippen LogP) is -4.08. The normalized spacial score (nSPS) is 14.5. The summed E-state index contributed by atoms with van der Waals surface area (Å²) in [6.45, 7) is -0.786. The number of aromatic amines is 1. The van der Waals surface area contributed by atoms with Gasteiger partial charge in [-0.15, -0.1) is 0 Å². The minimum atomic E-state index is -2.08. The van der Waals surface area contributed by atoms with E-state index < -0.39 is 79.1 Å². The molecule has 3 rings (SSSR count). The first kappa shape index (κ1) is 33.3. The molecule has 0 aliphatic heterocycles. The van der Waals surface area contributed by atoms with E-state index in [0.717, 1.165) is 0 Å². The summed E-state index contributed by atoms with van der Waals surface area (Å²) in [6.07, 6.45) is -5.48. The molecule has 1 aromatic carbocycles. The van der Waals surface area contributed by atoms with Gasteiger partial charge in [0.05, 0.1) is 25.0 Å². The number of carboxylic acid groups (broad SMARTS) is 1. The van der Waals surface area contributed by atoms with Gasteiger partial charge in [-0.2, -0.15) is 4.98 Å². The maximum atomic E-state index is 12.7. The zero-order chi connectivity index (χ0) is 32.6. The molecule has 0 aliphatic carbocycles. The van der Waals surface area contributed by atoms with Crippen molar-refractivity contribution in [2.75, 3.05) is 17.7 Å². The standard InChI is InChI=1S/C25H31N9O10/c26-20(40)16(19(39)18(38)14(36)9-35)32-15(37)6-5-13(24(43)44)31-22(41)10-1-3-11(4-2-10)28-7-12-8-29-21-17(30-12)23(42)34-25(27)33-21/h1-4,8,13-14,16,18-19,28,35-36,38-39H,5-7,9H2,(H2,26,40)(H,31,41)(H,32,37)(H,43,44)(H3,27,29,33,34,42)/t13-,14+,16-,18+,19+/m0/s1. The number of nitrogen functional groups attached to an aromatic ring is 1. The van der Waals surface area contributed by atoms with Crippen LogP contribution in [0.15, 0.2) is 35.3 Å². The lowest BCUT2D eigenvalue weighted by Crippen LogP contribution is -2.58. The number of aliphatic hydroxyl groups is 4. The van der Waals surface area contributed by atoms with Crippen molar-refractivity contribution in [1.82, 2.24) is 30.6 Å². The lowest BCUT2D eigenvalue weighted by Gasteiger charge is -2.27. The zero-order valence-electron chi connectivity index (χ0n) is 22.9. The van der Waals surface area contributed by atoms with Gasteiger partial charge in [-0.3, -0.25) is 24.2 Å². The summed E-state index contributed by atoms with van der Waals surface area (Å²) in [7, 11) is 0. The molecular weight excluding hydrogens is 586 g/mol. The number of anilines is 2. The summed E-state index contributed by atoms with van der Waals surface area (Å²) >= 11 is 0. The smallest absolute Gasteiger partial charge is 0.326 e. The number of nitrogens with zero attached hydrogens (tertiary/aromatic N) is 3. The van der Waals surface area contributed by atoms with E-state index in [4.69, 9.17) is 16.6 Å². The summed E-state index contributed by atoms with van der Waals surface area (Å²) < 4.78 is 0. The van der Waals surface area contributed by atoms with Crippen molar-refractivity contribution in [3.8, 4) is 0 Å². The highest BCUT2D eigenvalue weighted by Gasteiger charge is 2.35. The number of fused-ring (bicyclic) bond motifs is 1. The van der Waals surface area contributed by atoms with Gasteiger partial charge in [-0.1, -0.05) is 0 Å². The van der Waals surface area contributed by atoms with E-state index in [2.05, 4.69) is 30.6 Å². The van der Waals surface area contributed by atoms with Crippen LogP contribution in [0.1, 0.15) is 28.9 Å². The van der Waals surface area contributed by atoms with Crippen molar-refractivity contribution in [3.05, 3.63) is 52.1 Å². The molecule has 2 aromatic heterocycles. The number of rotatable bonds is 15. The topological polar surface area (TPSA) is 329 Å². The van der Waals surface area contributed by atoms with Gasteiger partial charge >= 0.3 is 5.97 Å². The third kappa shape index (κ3) is 8.64. The molecule has 0 bridgehead atoms. The summed E-state index contributed by atoms with van der Waals surface area (Å²) in [6, 6.07) is 2.52. The number of aromatic nitrogens is 4. The first-order chi connectivity index (χ1) is 20.8. The van der Waals surface area contributed by atoms with Crippen molar-refractivity contribution >= 4 is 46.5 Å². The van der Waals surface area contributed by atoms with Gasteiger partial charge < -0.3 is 53.0 Å². The summed E-state index contributed by atoms with van der Waals surface area (Å²) in [5.74, 6) is -4.51. The van der Waals surface area contributed by atoms with Crippen molar-refractivity contribution in [2.45, 2.75) is 49.8 Å². The van der Waals surface area contributed by atoms with E-state index in [9.17, 15) is 44.4 Å². The number of aliphatic hydroxyl groups excluding tert-OH is 4. The summed E-state index contributed by atoms with van der Waals surface area (Å²) in [5.41, 5.74) is 11.3. The van der Waals surface area contributed by atoms with E-state index in [-0.39, 0.29) is 29.2 Å². The molecule has 236 valence electrons. The molecule has 0 spiro atoms. The third-order valence-electron chi connectivity index (χ3n) is 6.27. The minimum absolute atomic E-state index is 0.0120. The number of nitrogens with one attached hydrogen (secondary N) is 4. The molecule has 2 heterocycles. The lowest BCUT2D eigenvalue weighted by atomic mass is 10.00. The number of amides is 3. The van der Waals surface area contributed by atoms with E-state index >= 15 is 0 Å². The maximum Gasteiger partial charge on any atom is 0.326 e. The maximum absolute atomic E-state index is 12.7. The Labute approximate surface area is 247 Å². The predicted molar refractivity (Wildman–Crippen MR) is 150 cm³/mol. The van der Waals surface area contributed by atoms with Crippen molar-refractivity contribution in [1.29, 1.82) is 0 Å². The highest BCUT2D eigenvalue weighted by molar-refractivity contribution is 5.97. The molecule has 3 aromatic rings. The second kappa shape index (κ2) is 14.8. The van der Waals surface area contributed by atoms with Gasteiger partial charge in [0.25, 0.3) is 11.5 Å². The Morgan fingerprint density at radius 1 is 1.00 bits per heavy atom. The Bertz CT molecular complexity index is 1570. The van der Waals surface area contributed by atoms with Gasteiger partial charge in [-0.05, 0) is 30.7 Å². The number of hydrogen-bond donors (Lipinski definition) is 11. The Balaban J connectivity index is 1.55. The Morgan fingerprint density at radius 2 is 1.68 bits per heavy atom. The van der Waals surface area contributed by atoms with E-state index in [0.29, 0.717) is 11.4 Å². The van der Waals surface area contributed by atoms with Crippen LogP contribution < -0.4 is 33.0 Å². The molecule has 0 saturated carbocycles. The monoisotopic (exact) mass is 617 g/mol. The molecule has 0 fully saturated rings. The van der Waals surface area contributed by atoms with Crippen molar-refractivity contribution < 1.29 is 44.7 Å². The van der Waals surface area contributed by atoms with Gasteiger partial charge in [0.1, 0.15) is 30.4 Å². The fourth-order valence-electron chi connectivity index (χ4n) is 3.87. The first-order valence-electron chi connectivity index (χ1n) is 12.9. The average Bonchev–Trinajstić information content (AvgIpc) is 2.99. The number of nitrogens with two attached hydrogens (primary N) is 2. The van der Waals surface area contributed by atoms with Gasteiger partial charge in [0.2, 0.25) is 17.8 Å². The van der Waals surface area contributed by atoms with Crippen LogP contribution in [0, 0.1) is 0 Å². The van der Waals surface area contributed by atoms with Crippen LogP contribution in [0.4, 0.5) is 11.6 Å². The lowest BCUT2D eigenvalue weighted by molar-refractivity contribution is -0.140. The second-order valence-corrected chi connectivity index (χ2v) is 9.50. The van der Waals surface area contributed by atoms with Gasteiger partial charge in [0.15, 0.2) is 11.2 Å². The van der Waals surface area contributed by atoms with Crippen LogP contribution in [0.25, 0.3) is 11.2 Å². The first-order valence-corrected chi connectivity index (χ1v) is 12.9. The highest BCUT2D eigenvalue weighted by atomic mass is 16.4. The SMILES string of the molecule is NC(=O)[C@@H](NC(=O)CC[C@H](NC(=O)c1ccc(NCc2cnc3nc(N)[nH]c(=O)c3n2)cc1)C(=O)O)[C@@H](O)[C@H](O)[C@H](O)CO. The second-order valence-electron chi connectivity index (χ2n) is 9.50. The number of carboxylic acids is 1. The van der Waals surface area contributed by atoms with Gasteiger partial charge in [0, 0.05) is 17.7 Å². The Morgan fingerprint density at radius 3 is 2.30 bits per heavy atom. The number of primary amides is 1. The summed E-state index contributed by atoms with van der Waals surface area (Å²) in [5, 5.41) is 55.1. The number of carbonyl (C=O) groups is 4. The molecule has 19 nitrogen and oxygen atoms in total. The molecule has 0 saturated heterocycles. The van der Waals surface area contributed by atoms with E-state index in [1.54, 1.807) is 12.1 Å². The molecule has 0 radical (unpaired) electrons. The minimum Gasteiger partial charge on any atom is -0.480 e. The van der Waals surface area contributed by atoms with Crippen LogP contribution in [0.5, 0.6) is 0 Å². The quantitative estimate of drug-likeness (QED) is 0.0772. The van der Waals surface area contributed by atoms with Crippen molar-refractivity contribution in [2.24, 2.45) is 5.73 Å². The fourth-order valence-corrected chi connectivity index (χ4v) is 3.87. The van der Waals surface area contributed by atoms with E-state index in [1.165, 1.54) is 18.3 Å². The summed E-state index contributed by atoms with van der Waals surface area (Å²) in [4.78, 5) is 74.9.